The van der Waals surface area contributed by atoms with Crippen molar-refractivity contribution in [2.45, 2.75) is 31.7 Å². The van der Waals surface area contributed by atoms with Crippen molar-refractivity contribution in [1.82, 2.24) is 15.6 Å². The van der Waals surface area contributed by atoms with Crippen molar-refractivity contribution in [3.05, 3.63) is 84.3 Å². The third-order valence-corrected chi connectivity index (χ3v) is 5.46. The van der Waals surface area contributed by atoms with Gasteiger partial charge in [-0.2, -0.15) is 0 Å². The molecule has 0 spiro atoms. The Hall–Kier alpha value is -3.27. The molecule has 2 amide bonds. The van der Waals surface area contributed by atoms with E-state index in [0.29, 0.717) is 29.7 Å². The van der Waals surface area contributed by atoms with Crippen molar-refractivity contribution in [3.63, 3.8) is 0 Å². The van der Waals surface area contributed by atoms with Gasteiger partial charge in [0.25, 0.3) is 0 Å². The normalized spacial score (nSPS) is 11.1. The van der Waals surface area contributed by atoms with Crippen molar-refractivity contribution < 1.29 is 54.9 Å². The van der Waals surface area contributed by atoms with Crippen LogP contribution in [-0.2, 0) is 14.4 Å². The van der Waals surface area contributed by atoms with Crippen molar-refractivity contribution in [2.24, 2.45) is 0 Å². The average Bonchev–Trinajstić information content (AvgIpc) is 2.88. The minimum atomic E-state index is -1.08. The van der Waals surface area contributed by atoms with E-state index >= 15 is 0 Å². The molecule has 0 aliphatic heterocycles. The molecule has 4 N–H and O–H groups in total. The summed E-state index contributed by atoms with van der Waals surface area (Å²) >= 11 is 0. The van der Waals surface area contributed by atoms with E-state index in [0.717, 1.165) is 12.2 Å². The van der Waals surface area contributed by atoms with Gasteiger partial charge in [-0.1, -0.05) is 48.5 Å². The Morgan fingerprint density at radius 2 is 1.68 bits per heavy atom. The quantitative estimate of drug-likeness (QED) is 0.199. The minimum absolute atomic E-state index is 0. The summed E-state index contributed by atoms with van der Waals surface area (Å²) in [5.74, 6) is -1.42. The second-order valence-electron chi connectivity index (χ2n) is 8.20. The van der Waals surface area contributed by atoms with Crippen LogP contribution in [0.2, 0.25) is 0 Å². The molecule has 0 aliphatic carbocycles. The van der Waals surface area contributed by atoms with Gasteiger partial charge in [0.2, 0.25) is 11.8 Å². The zero-order valence-corrected chi connectivity index (χ0v) is 22.7. The van der Waals surface area contributed by atoms with Gasteiger partial charge < -0.3 is 22.5 Å². The fraction of sp³-hybridized carbons (Fsp3) is 0.259. The number of halogens is 1. The maximum Gasteiger partial charge on any atom is 1.00 e. The Bertz CT molecular complexity index is 1170. The van der Waals surface area contributed by atoms with Crippen LogP contribution in [0.5, 0.6) is 0 Å². The van der Waals surface area contributed by atoms with Crippen LogP contribution in [0.15, 0.2) is 72.9 Å². The maximum absolute atomic E-state index is 14.0. The number of hydrogen-bond donors (Lipinski definition) is 4. The van der Waals surface area contributed by atoms with Gasteiger partial charge in [0.1, 0.15) is 11.6 Å². The molecule has 37 heavy (non-hydrogen) atoms. The van der Waals surface area contributed by atoms with Crippen LogP contribution in [-0.4, -0.2) is 41.0 Å². The number of nitrogens with one attached hydrogen (secondary N) is 3. The molecule has 1 unspecified atom stereocenters. The number of hydrogen-bond acceptors (Lipinski definition) is 5. The summed E-state index contributed by atoms with van der Waals surface area (Å²) in [6.07, 6.45) is 3.04. The monoisotopic (exact) mass is 516 g/mol. The van der Waals surface area contributed by atoms with Gasteiger partial charge in [-0.25, -0.2) is 9.37 Å². The molecule has 1 heterocycles. The number of carboxylic acid groups (broad SMARTS) is 1. The number of aliphatic carboxylic acids is 1. The molecule has 1 aromatic heterocycles. The van der Waals surface area contributed by atoms with Crippen molar-refractivity contribution >= 4 is 23.6 Å². The first-order chi connectivity index (χ1) is 17.4. The van der Waals surface area contributed by atoms with Crippen LogP contribution >= 0.6 is 0 Å². The predicted octanol–water partition coefficient (Wildman–Crippen LogP) is 1.03. The second kappa shape index (κ2) is 15.8. The van der Waals surface area contributed by atoms with Crippen LogP contribution in [0.25, 0.3) is 11.1 Å². The molecule has 3 rings (SSSR count). The Morgan fingerprint density at radius 1 is 0.946 bits per heavy atom. The molecular formula is C27H30FN4NaO4. The third kappa shape index (κ3) is 10.3. The van der Waals surface area contributed by atoms with Gasteiger partial charge in [-0.3, -0.25) is 14.4 Å². The number of carbonyl (C=O) groups excluding carboxylic acids is 2. The number of pyridine rings is 1. The van der Waals surface area contributed by atoms with Crippen LogP contribution in [0.1, 0.15) is 38.7 Å². The summed E-state index contributed by atoms with van der Waals surface area (Å²) in [6.45, 7) is 0.422. The van der Waals surface area contributed by atoms with E-state index in [-0.39, 0.29) is 62.1 Å². The fourth-order valence-electron chi connectivity index (χ4n) is 3.62. The van der Waals surface area contributed by atoms with Crippen LogP contribution in [0, 0.1) is 5.82 Å². The SMILES string of the molecule is O=C(O)CC(NC(=O)CNC(=O)CCCCNc1ccccn1)c1ccc(-c2ccccc2F)cc1.[H-].[Na+]. The molecule has 0 radical (unpaired) electrons. The number of unbranched alkanes of at least 4 members (excludes halogenated alkanes) is 1. The molecule has 0 bridgehead atoms. The minimum Gasteiger partial charge on any atom is -1.00 e. The first-order valence-electron chi connectivity index (χ1n) is 11.7. The number of carboxylic acids is 1. The topological polar surface area (TPSA) is 120 Å². The van der Waals surface area contributed by atoms with E-state index < -0.39 is 17.9 Å². The molecule has 0 saturated heterocycles. The Kier molecular flexibility index (Phi) is 12.8. The van der Waals surface area contributed by atoms with Crippen molar-refractivity contribution in [3.8, 4) is 11.1 Å². The van der Waals surface area contributed by atoms with Gasteiger partial charge in [0.05, 0.1) is 19.0 Å². The molecule has 1 atom stereocenters. The van der Waals surface area contributed by atoms with Gasteiger partial charge in [-0.05, 0) is 42.2 Å². The molecule has 0 saturated carbocycles. The van der Waals surface area contributed by atoms with Crippen LogP contribution in [0.3, 0.4) is 0 Å². The zero-order valence-electron chi connectivity index (χ0n) is 21.7. The van der Waals surface area contributed by atoms with Gasteiger partial charge in [0, 0.05) is 24.7 Å². The maximum atomic E-state index is 14.0. The average molecular weight is 517 g/mol. The molecule has 2 aromatic carbocycles. The van der Waals surface area contributed by atoms with E-state index in [4.69, 9.17) is 0 Å². The van der Waals surface area contributed by atoms with Gasteiger partial charge in [-0.15, -0.1) is 0 Å². The summed E-state index contributed by atoms with van der Waals surface area (Å²) < 4.78 is 14.0. The summed E-state index contributed by atoms with van der Waals surface area (Å²) in [5, 5.41) is 17.7. The van der Waals surface area contributed by atoms with Crippen molar-refractivity contribution in [1.29, 1.82) is 0 Å². The van der Waals surface area contributed by atoms with E-state index in [9.17, 15) is 23.9 Å². The summed E-state index contributed by atoms with van der Waals surface area (Å²) in [7, 11) is 0. The zero-order chi connectivity index (χ0) is 25.8. The van der Waals surface area contributed by atoms with E-state index in [1.807, 2.05) is 18.2 Å². The largest absolute Gasteiger partial charge is 1.00 e. The van der Waals surface area contributed by atoms with Gasteiger partial charge >= 0.3 is 35.5 Å². The number of rotatable bonds is 13. The smallest absolute Gasteiger partial charge is 1.00 e. The molecule has 3 aromatic rings. The fourth-order valence-corrected chi connectivity index (χ4v) is 3.62. The first kappa shape index (κ1) is 30.0. The molecular weight excluding hydrogens is 486 g/mol. The second-order valence-corrected chi connectivity index (χ2v) is 8.20. The van der Waals surface area contributed by atoms with Gasteiger partial charge in [0.15, 0.2) is 0 Å². The van der Waals surface area contributed by atoms with E-state index in [2.05, 4.69) is 20.9 Å². The van der Waals surface area contributed by atoms with Crippen molar-refractivity contribution in [2.75, 3.05) is 18.4 Å². The number of nitrogens with zero attached hydrogens (tertiary/aromatic N) is 1. The van der Waals surface area contributed by atoms with Crippen LogP contribution in [0.4, 0.5) is 10.2 Å². The number of amides is 2. The Labute approximate surface area is 238 Å². The van der Waals surface area contributed by atoms with E-state index in [1.165, 1.54) is 6.07 Å². The summed E-state index contributed by atoms with van der Waals surface area (Å²) in [6, 6.07) is 17.8. The summed E-state index contributed by atoms with van der Waals surface area (Å²) in [5.41, 5.74) is 1.63. The predicted molar refractivity (Wildman–Crippen MR) is 136 cm³/mol. The molecule has 190 valence electrons. The Balaban J connectivity index is 0.00000361. The number of anilines is 1. The number of benzene rings is 2. The third-order valence-electron chi connectivity index (χ3n) is 5.46. The van der Waals surface area contributed by atoms with Crippen LogP contribution < -0.4 is 45.5 Å². The first-order valence-corrected chi connectivity index (χ1v) is 11.7. The molecule has 0 aliphatic rings. The number of carbonyl (C=O) groups is 3. The Morgan fingerprint density at radius 3 is 2.35 bits per heavy atom. The molecule has 10 heteroatoms. The number of aromatic nitrogens is 1. The molecule has 8 nitrogen and oxygen atoms in total. The molecule has 0 fully saturated rings. The van der Waals surface area contributed by atoms with E-state index in [1.54, 1.807) is 48.7 Å². The standard InChI is InChI=1S/C27H29FN4O4.Na.H/c28-22-8-2-1-7-21(22)19-11-13-20(14-12-19)23(17-27(35)36)32-26(34)18-31-25(33)10-4-6-16-30-24-9-3-5-15-29-24;;/h1-3,5,7-9,11-15,23H,4,6,10,16-18H2,(H,29,30)(H,31,33)(H,32,34)(H,35,36);;/q;+1;-1. The summed E-state index contributed by atoms with van der Waals surface area (Å²) in [4.78, 5) is 40.0.